The number of aromatic nitrogens is 2. The van der Waals surface area contributed by atoms with E-state index in [-0.39, 0.29) is 11.8 Å². The summed E-state index contributed by atoms with van der Waals surface area (Å²) in [4.78, 5) is 23.8. The van der Waals surface area contributed by atoms with E-state index in [9.17, 15) is 9.59 Å². The van der Waals surface area contributed by atoms with Crippen molar-refractivity contribution in [3.63, 3.8) is 0 Å². The minimum atomic E-state index is -0.569. The molecule has 19 heavy (non-hydrogen) atoms. The highest BCUT2D eigenvalue weighted by Gasteiger charge is 2.20. The van der Waals surface area contributed by atoms with Crippen LogP contribution in [0.3, 0.4) is 0 Å². The van der Waals surface area contributed by atoms with Gasteiger partial charge in [-0.2, -0.15) is 5.10 Å². The fourth-order valence-corrected chi connectivity index (χ4v) is 1.68. The Morgan fingerprint density at radius 2 is 1.89 bits per heavy atom. The molecule has 0 spiro atoms. The van der Waals surface area contributed by atoms with Gasteiger partial charge in [0.1, 0.15) is 6.04 Å². The third kappa shape index (κ3) is 4.08. The number of carbonyl (C=O) groups is 2. The van der Waals surface area contributed by atoms with Gasteiger partial charge in [-0.15, -0.1) is 0 Å². The molecule has 0 bridgehead atoms. The van der Waals surface area contributed by atoms with Crippen LogP contribution in [0.25, 0.3) is 0 Å². The number of amides is 2. The van der Waals surface area contributed by atoms with Gasteiger partial charge in [-0.25, -0.2) is 0 Å². The van der Waals surface area contributed by atoms with E-state index in [1.807, 2.05) is 13.8 Å². The van der Waals surface area contributed by atoms with Crippen molar-refractivity contribution in [2.45, 2.75) is 40.7 Å². The summed E-state index contributed by atoms with van der Waals surface area (Å²) in [5.74, 6) is -0.0815. The van der Waals surface area contributed by atoms with Gasteiger partial charge < -0.3 is 10.6 Å². The second kappa shape index (κ2) is 6.36. The lowest BCUT2D eigenvalue weighted by molar-refractivity contribution is -0.122. The Hall–Kier alpha value is -1.85. The second-order valence-electron chi connectivity index (χ2n) is 5.14. The van der Waals surface area contributed by atoms with Crippen molar-refractivity contribution >= 4 is 11.8 Å². The van der Waals surface area contributed by atoms with Gasteiger partial charge in [-0.05, 0) is 26.7 Å². The van der Waals surface area contributed by atoms with E-state index in [0.717, 1.165) is 0 Å². The molecule has 2 amide bonds. The van der Waals surface area contributed by atoms with Gasteiger partial charge in [0.15, 0.2) is 0 Å². The maximum atomic E-state index is 12.0. The van der Waals surface area contributed by atoms with Gasteiger partial charge in [-0.1, -0.05) is 13.8 Å². The normalized spacial score (nSPS) is 12.3. The molecule has 0 aliphatic rings. The van der Waals surface area contributed by atoms with Crippen molar-refractivity contribution < 1.29 is 9.59 Å². The molecule has 1 heterocycles. The van der Waals surface area contributed by atoms with E-state index in [1.54, 1.807) is 20.8 Å². The van der Waals surface area contributed by atoms with Crippen LogP contribution in [0.5, 0.6) is 0 Å². The van der Waals surface area contributed by atoms with Crippen molar-refractivity contribution in [3.8, 4) is 0 Å². The molecular formula is C13H22N4O2. The lowest BCUT2D eigenvalue weighted by Gasteiger charge is -2.15. The van der Waals surface area contributed by atoms with Crippen molar-refractivity contribution in [3.05, 3.63) is 17.0 Å². The fraction of sp³-hybridized carbons (Fsp3) is 0.615. The molecule has 1 aromatic heterocycles. The first kappa shape index (κ1) is 15.2. The lowest BCUT2D eigenvalue weighted by atomic mass is 10.1. The number of H-pyrrole nitrogens is 1. The fourth-order valence-electron chi connectivity index (χ4n) is 1.68. The lowest BCUT2D eigenvalue weighted by Crippen LogP contribution is -2.45. The highest BCUT2D eigenvalue weighted by molar-refractivity contribution is 5.99. The first-order valence-corrected chi connectivity index (χ1v) is 6.43. The highest BCUT2D eigenvalue weighted by atomic mass is 16.2. The Kier molecular flexibility index (Phi) is 5.09. The van der Waals surface area contributed by atoms with Gasteiger partial charge in [0.25, 0.3) is 5.91 Å². The molecule has 1 rings (SSSR count). The van der Waals surface area contributed by atoms with E-state index in [2.05, 4.69) is 20.8 Å². The number of carbonyl (C=O) groups excluding carboxylic acids is 2. The van der Waals surface area contributed by atoms with E-state index in [1.165, 1.54) is 0 Å². The minimum absolute atomic E-state index is 0.180. The largest absolute Gasteiger partial charge is 0.354 e. The Bertz CT molecular complexity index is 446. The Balaban J connectivity index is 2.59. The summed E-state index contributed by atoms with van der Waals surface area (Å²) < 4.78 is 0. The van der Waals surface area contributed by atoms with Crippen LogP contribution < -0.4 is 10.6 Å². The number of aryl methyl sites for hydroxylation is 2. The minimum Gasteiger partial charge on any atom is -0.354 e. The third-order valence-corrected chi connectivity index (χ3v) is 2.78. The molecule has 6 nitrogen and oxygen atoms in total. The average molecular weight is 266 g/mol. The molecular weight excluding hydrogens is 244 g/mol. The smallest absolute Gasteiger partial charge is 0.255 e. The van der Waals surface area contributed by atoms with E-state index in [0.29, 0.717) is 29.4 Å². The number of hydrogen-bond acceptors (Lipinski definition) is 3. The highest BCUT2D eigenvalue weighted by Crippen LogP contribution is 2.09. The third-order valence-electron chi connectivity index (χ3n) is 2.78. The number of hydrogen-bond donors (Lipinski definition) is 3. The molecule has 0 saturated heterocycles. The van der Waals surface area contributed by atoms with Gasteiger partial charge in [0.05, 0.1) is 11.3 Å². The number of rotatable bonds is 5. The van der Waals surface area contributed by atoms with E-state index in [4.69, 9.17) is 0 Å². The quantitative estimate of drug-likeness (QED) is 0.740. The number of nitrogens with one attached hydrogen (secondary N) is 3. The van der Waals surface area contributed by atoms with Gasteiger partial charge in [-0.3, -0.25) is 14.7 Å². The summed E-state index contributed by atoms with van der Waals surface area (Å²) in [6, 6.07) is -0.569. The topological polar surface area (TPSA) is 86.9 Å². The van der Waals surface area contributed by atoms with Crippen molar-refractivity contribution in [1.29, 1.82) is 0 Å². The molecule has 3 N–H and O–H groups in total. The Morgan fingerprint density at radius 1 is 1.26 bits per heavy atom. The van der Waals surface area contributed by atoms with Crippen LogP contribution >= 0.6 is 0 Å². The second-order valence-corrected chi connectivity index (χ2v) is 5.14. The van der Waals surface area contributed by atoms with Crippen LogP contribution in [-0.4, -0.2) is 34.6 Å². The summed E-state index contributed by atoms with van der Waals surface area (Å²) in [5.41, 5.74) is 1.83. The average Bonchev–Trinajstić information content (AvgIpc) is 2.65. The monoisotopic (exact) mass is 266 g/mol. The molecule has 106 valence electrons. The zero-order valence-electron chi connectivity index (χ0n) is 12.1. The van der Waals surface area contributed by atoms with E-state index >= 15 is 0 Å². The summed E-state index contributed by atoms with van der Waals surface area (Å²) >= 11 is 0. The molecule has 1 atom stereocenters. The Morgan fingerprint density at radius 3 is 2.37 bits per heavy atom. The first-order valence-electron chi connectivity index (χ1n) is 6.43. The van der Waals surface area contributed by atoms with Gasteiger partial charge in [0, 0.05) is 12.2 Å². The molecule has 0 radical (unpaired) electrons. The molecule has 1 unspecified atom stereocenters. The molecule has 6 heteroatoms. The molecule has 0 fully saturated rings. The first-order chi connectivity index (χ1) is 8.82. The maximum absolute atomic E-state index is 12.0. The van der Waals surface area contributed by atoms with Crippen molar-refractivity contribution in [2.24, 2.45) is 5.92 Å². The number of nitrogens with zero attached hydrogens (tertiary/aromatic N) is 1. The van der Waals surface area contributed by atoms with Crippen LogP contribution in [-0.2, 0) is 4.79 Å². The van der Waals surface area contributed by atoms with Crippen LogP contribution in [0.15, 0.2) is 0 Å². The van der Waals surface area contributed by atoms with Crippen LogP contribution in [0, 0.1) is 19.8 Å². The summed E-state index contributed by atoms with van der Waals surface area (Å²) in [6.07, 6.45) is 0. The van der Waals surface area contributed by atoms with Gasteiger partial charge >= 0.3 is 0 Å². The van der Waals surface area contributed by atoms with E-state index < -0.39 is 6.04 Å². The van der Waals surface area contributed by atoms with Crippen LogP contribution in [0.4, 0.5) is 0 Å². The summed E-state index contributed by atoms with van der Waals surface area (Å²) in [6.45, 7) is 9.82. The van der Waals surface area contributed by atoms with Crippen molar-refractivity contribution in [1.82, 2.24) is 20.8 Å². The standard InChI is InChI=1S/C13H22N4O2/c1-7(2)6-14-12(18)10(5)15-13(19)11-8(3)16-17-9(11)4/h7,10H,6H2,1-5H3,(H,14,18)(H,15,19)(H,16,17). The van der Waals surface area contributed by atoms with Gasteiger partial charge in [0.2, 0.25) is 5.91 Å². The van der Waals surface area contributed by atoms with Crippen LogP contribution in [0.2, 0.25) is 0 Å². The SMILES string of the molecule is Cc1n[nH]c(C)c1C(=O)NC(C)C(=O)NCC(C)C. The molecule has 0 aromatic carbocycles. The van der Waals surface area contributed by atoms with Crippen LogP contribution in [0.1, 0.15) is 42.5 Å². The number of aromatic amines is 1. The summed E-state index contributed by atoms with van der Waals surface area (Å²) in [7, 11) is 0. The molecule has 0 aliphatic carbocycles. The molecule has 0 saturated carbocycles. The molecule has 0 aliphatic heterocycles. The van der Waals surface area contributed by atoms with Crippen molar-refractivity contribution in [2.75, 3.05) is 6.54 Å². The zero-order chi connectivity index (χ0) is 14.6. The predicted octanol–water partition coefficient (Wildman–Crippen LogP) is 0.917. The maximum Gasteiger partial charge on any atom is 0.255 e. The Labute approximate surface area is 113 Å². The molecule has 1 aromatic rings. The summed E-state index contributed by atoms with van der Waals surface area (Å²) in [5, 5.41) is 12.2. The predicted molar refractivity (Wildman–Crippen MR) is 72.8 cm³/mol. The zero-order valence-corrected chi connectivity index (χ0v) is 12.1.